The number of hydrogen-bond donors (Lipinski definition) is 2. The molecule has 1 aromatic rings. The Balaban J connectivity index is 1.42. The van der Waals surface area contributed by atoms with E-state index in [1.54, 1.807) is 6.20 Å². The van der Waals surface area contributed by atoms with Gasteiger partial charge in [-0.2, -0.15) is 5.10 Å². The van der Waals surface area contributed by atoms with Crippen LogP contribution in [0.2, 0.25) is 0 Å². The first kappa shape index (κ1) is 16.3. The molecule has 1 saturated carbocycles. The molecule has 1 saturated heterocycles. The normalized spacial score (nSPS) is 23.1. The topological polar surface area (TPSA) is 62.2 Å². The minimum Gasteiger partial charge on any atom is -0.338 e. The average Bonchev–Trinajstić information content (AvgIpc) is 3.24. The van der Waals surface area contributed by atoms with E-state index in [1.165, 1.54) is 45.1 Å². The minimum atomic E-state index is -0.121. The summed E-state index contributed by atoms with van der Waals surface area (Å²) in [4.78, 5) is 14.5. The molecule has 6 nitrogen and oxygen atoms in total. The van der Waals surface area contributed by atoms with Crippen molar-refractivity contribution in [3.8, 4) is 0 Å². The Morgan fingerprint density at radius 3 is 2.91 bits per heavy atom. The van der Waals surface area contributed by atoms with E-state index in [1.807, 2.05) is 10.9 Å². The van der Waals surface area contributed by atoms with Crippen LogP contribution in [0, 0.1) is 5.92 Å². The zero-order chi connectivity index (χ0) is 16.1. The number of hydrogen-bond acceptors (Lipinski definition) is 3. The number of urea groups is 1. The van der Waals surface area contributed by atoms with Crippen molar-refractivity contribution >= 4 is 11.7 Å². The number of aromatic nitrogens is 2. The van der Waals surface area contributed by atoms with Crippen LogP contribution in [0.25, 0.3) is 0 Å². The molecular formula is C17H29N5O. The number of amides is 2. The number of carbonyl (C=O) groups is 1. The third-order valence-electron chi connectivity index (χ3n) is 5.16. The van der Waals surface area contributed by atoms with E-state index in [9.17, 15) is 4.79 Å². The fraction of sp³-hybridized carbons (Fsp3) is 0.765. The van der Waals surface area contributed by atoms with Gasteiger partial charge in [0.05, 0.1) is 17.9 Å². The Hall–Kier alpha value is -1.56. The first-order valence-electron chi connectivity index (χ1n) is 9.06. The molecule has 1 aliphatic carbocycles. The summed E-state index contributed by atoms with van der Waals surface area (Å²) in [7, 11) is 0. The smallest absolute Gasteiger partial charge is 0.319 e. The quantitative estimate of drug-likeness (QED) is 0.877. The second-order valence-corrected chi connectivity index (χ2v) is 6.88. The zero-order valence-electron chi connectivity index (χ0n) is 14.1. The van der Waals surface area contributed by atoms with Gasteiger partial charge in [-0.1, -0.05) is 19.8 Å². The number of nitrogens with one attached hydrogen (secondary N) is 2. The molecule has 1 aromatic heterocycles. The summed E-state index contributed by atoms with van der Waals surface area (Å²) in [5, 5.41) is 10.3. The first-order chi connectivity index (χ1) is 11.2. The van der Waals surface area contributed by atoms with Crippen molar-refractivity contribution in [3.05, 3.63) is 12.4 Å². The summed E-state index contributed by atoms with van der Waals surface area (Å²) < 4.78 is 2.00. The van der Waals surface area contributed by atoms with Crippen LogP contribution >= 0.6 is 0 Å². The van der Waals surface area contributed by atoms with Gasteiger partial charge < -0.3 is 15.5 Å². The van der Waals surface area contributed by atoms with E-state index in [2.05, 4.69) is 27.6 Å². The van der Waals surface area contributed by atoms with Crippen molar-refractivity contribution in [1.82, 2.24) is 20.0 Å². The fourth-order valence-corrected chi connectivity index (χ4v) is 3.79. The number of nitrogens with zero attached hydrogens (tertiary/aromatic N) is 3. The lowest BCUT2D eigenvalue weighted by Crippen LogP contribution is -2.41. The van der Waals surface area contributed by atoms with Crippen molar-refractivity contribution in [1.29, 1.82) is 0 Å². The highest BCUT2D eigenvalue weighted by Gasteiger charge is 2.20. The van der Waals surface area contributed by atoms with Gasteiger partial charge in [0.25, 0.3) is 0 Å². The van der Waals surface area contributed by atoms with Crippen LogP contribution in [0.5, 0.6) is 0 Å². The van der Waals surface area contributed by atoms with Gasteiger partial charge in [0.1, 0.15) is 0 Å². The van der Waals surface area contributed by atoms with Crippen LogP contribution in [0.3, 0.4) is 0 Å². The monoisotopic (exact) mass is 319 g/mol. The molecule has 0 aromatic carbocycles. The average molecular weight is 319 g/mol. The number of rotatable bonds is 5. The Labute approximate surface area is 138 Å². The van der Waals surface area contributed by atoms with E-state index in [0.717, 1.165) is 25.3 Å². The standard InChI is InChI=1S/C17H29N5O/c1-2-21-9-5-6-14(12-21)10-18-17(23)20-15-11-19-22(13-15)16-7-3-4-8-16/h11,13-14,16H,2-10,12H2,1H3,(H2,18,20,23). The molecule has 0 spiro atoms. The Morgan fingerprint density at radius 1 is 1.30 bits per heavy atom. The summed E-state index contributed by atoms with van der Waals surface area (Å²) >= 11 is 0. The summed E-state index contributed by atoms with van der Waals surface area (Å²) in [6, 6.07) is 0.389. The summed E-state index contributed by atoms with van der Waals surface area (Å²) in [5.41, 5.74) is 0.785. The largest absolute Gasteiger partial charge is 0.338 e. The van der Waals surface area contributed by atoms with Crippen molar-refractivity contribution in [2.75, 3.05) is 31.5 Å². The van der Waals surface area contributed by atoms with Gasteiger partial charge in [-0.05, 0) is 44.7 Å². The second-order valence-electron chi connectivity index (χ2n) is 6.88. The molecule has 2 heterocycles. The molecule has 0 radical (unpaired) electrons. The fourth-order valence-electron chi connectivity index (χ4n) is 3.79. The van der Waals surface area contributed by atoms with Crippen molar-refractivity contribution in [3.63, 3.8) is 0 Å². The SMILES string of the molecule is CCN1CCCC(CNC(=O)Nc2cnn(C3CCCC3)c2)C1. The third-order valence-corrected chi connectivity index (χ3v) is 5.16. The van der Waals surface area contributed by atoms with Crippen LogP contribution in [0.15, 0.2) is 12.4 Å². The maximum atomic E-state index is 12.1. The number of anilines is 1. The van der Waals surface area contributed by atoms with E-state index >= 15 is 0 Å². The molecule has 128 valence electrons. The maximum Gasteiger partial charge on any atom is 0.319 e. The number of likely N-dealkylation sites (tertiary alicyclic amines) is 1. The summed E-state index contributed by atoms with van der Waals surface area (Å²) in [6.07, 6.45) is 11.1. The van der Waals surface area contributed by atoms with Gasteiger partial charge in [-0.15, -0.1) is 0 Å². The lowest BCUT2D eigenvalue weighted by atomic mass is 9.98. The van der Waals surface area contributed by atoms with Crippen LogP contribution in [0.1, 0.15) is 51.5 Å². The van der Waals surface area contributed by atoms with Gasteiger partial charge in [-0.25, -0.2) is 4.79 Å². The molecule has 2 amide bonds. The minimum absolute atomic E-state index is 0.121. The maximum absolute atomic E-state index is 12.1. The predicted octanol–water partition coefficient (Wildman–Crippen LogP) is 2.85. The molecule has 2 fully saturated rings. The lowest BCUT2D eigenvalue weighted by Gasteiger charge is -2.31. The second kappa shape index (κ2) is 7.81. The van der Waals surface area contributed by atoms with E-state index in [0.29, 0.717) is 12.0 Å². The van der Waals surface area contributed by atoms with Gasteiger partial charge in [-0.3, -0.25) is 4.68 Å². The van der Waals surface area contributed by atoms with Gasteiger partial charge in [0.2, 0.25) is 0 Å². The van der Waals surface area contributed by atoms with Crippen molar-refractivity contribution in [2.45, 2.75) is 51.5 Å². The van der Waals surface area contributed by atoms with Crippen LogP contribution in [0.4, 0.5) is 10.5 Å². The van der Waals surface area contributed by atoms with Crippen LogP contribution < -0.4 is 10.6 Å². The highest BCUT2D eigenvalue weighted by molar-refractivity contribution is 5.88. The molecule has 1 unspecified atom stereocenters. The highest BCUT2D eigenvalue weighted by Crippen LogP contribution is 2.29. The zero-order valence-corrected chi connectivity index (χ0v) is 14.1. The van der Waals surface area contributed by atoms with Crippen molar-refractivity contribution in [2.24, 2.45) is 5.92 Å². The van der Waals surface area contributed by atoms with Crippen LogP contribution in [-0.2, 0) is 0 Å². The van der Waals surface area contributed by atoms with E-state index in [-0.39, 0.29) is 6.03 Å². The Kier molecular flexibility index (Phi) is 5.54. The highest BCUT2D eigenvalue weighted by atomic mass is 16.2. The molecule has 2 aliphatic rings. The molecule has 23 heavy (non-hydrogen) atoms. The molecular weight excluding hydrogens is 290 g/mol. The predicted molar refractivity (Wildman–Crippen MR) is 91.6 cm³/mol. The van der Waals surface area contributed by atoms with E-state index < -0.39 is 0 Å². The van der Waals surface area contributed by atoms with Crippen molar-refractivity contribution < 1.29 is 4.79 Å². The molecule has 1 aliphatic heterocycles. The molecule has 3 rings (SSSR count). The third kappa shape index (κ3) is 4.47. The molecule has 2 N–H and O–H groups in total. The van der Waals surface area contributed by atoms with Gasteiger partial charge in [0, 0.05) is 19.3 Å². The lowest BCUT2D eigenvalue weighted by molar-refractivity contribution is 0.180. The summed E-state index contributed by atoms with van der Waals surface area (Å²) in [5.74, 6) is 0.565. The van der Waals surface area contributed by atoms with Gasteiger partial charge >= 0.3 is 6.03 Å². The van der Waals surface area contributed by atoms with Crippen LogP contribution in [-0.4, -0.2) is 46.9 Å². The van der Waals surface area contributed by atoms with E-state index in [4.69, 9.17) is 0 Å². The Bertz CT molecular complexity index is 509. The number of carbonyl (C=O) groups excluding carboxylic acids is 1. The molecule has 6 heteroatoms. The first-order valence-corrected chi connectivity index (χ1v) is 9.06. The Morgan fingerprint density at radius 2 is 2.13 bits per heavy atom. The summed E-state index contributed by atoms with van der Waals surface area (Å²) in [6.45, 7) is 6.34. The molecule has 1 atom stereocenters. The number of piperidine rings is 1. The van der Waals surface area contributed by atoms with Gasteiger partial charge in [0.15, 0.2) is 0 Å². The molecule has 0 bridgehead atoms.